The van der Waals surface area contributed by atoms with Crippen molar-refractivity contribution in [1.29, 1.82) is 0 Å². The monoisotopic (exact) mass is 217 g/mol. The predicted octanol–water partition coefficient (Wildman–Crippen LogP) is 2.44. The molecule has 1 atom stereocenters. The highest BCUT2D eigenvalue weighted by atomic mass is 16.5. The molecule has 0 saturated heterocycles. The van der Waals surface area contributed by atoms with Crippen LogP contribution in [-0.4, -0.2) is 24.0 Å². The molecule has 1 heterocycles. The summed E-state index contributed by atoms with van der Waals surface area (Å²) in [5.41, 5.74) is 0.614. The summed E-state index contributed by atoms with van der Waals surface area (Å²) < 4.78 is 5.19. The fourth-order valence-electron chi connectivity index (χ4n) is 1.86. The molecule has 1 aromatic carbocycles. The summed E-state index contributed by atoms with van der Waals surface area (Å²) in [6.07, 6.45) is 4.78. The molecule has 1 aromatic rings. The highest BCUT2D eigenvalue weighted by molar-refractivity contribution is 5.97. The SMILES string of the molecule is COc1ccccc1C(=O)N1C=CCC1C. The van der Waals surface area contributed by atoms with Gasteiger partial charge in [0.05, 0.1) is 12.7 Å². The smallest absolute Gasteiger partial charge is 0.261 e. The van der Waals surface area contributed by atoms with Gasteiger partial charge in [0, 0.05) is 12.2 Å². The summed E-state index contributed by atoms with van der Waals surface area (Å²) in [5.74, 6) is 0.624. The van der Waals surface area contributed by atoms with Crippen LogP contribution in [-0.2, 0) is 0 Å². The van der Waals surface area contributed by atoms with Crippen LogP contribution in [0.25, 0.3) is 0 Å². The third-order valence-corrected chi connectivity index (χ3v) is 2.79. The molecular formula is C13H15NO2. The quantitative estimate of drug-likeness (QED) is 0.761. The lowest BCUT2D eigenvalue weighted by atomic mass is 10.1. The average Bonchev–Trinajstić information content (AvgIpc) is 2.74. The Bertz CT molecular complexity index is 426. The molecule has 0 spiro atoms. The maximum atomic E-state index is 12.2. The summed E-state index contributed by atoms with van der Waals surface area (Å²) >= 11 is 0. The van der Waals surface area contributed by atoms with Crippen LogP contribution >= 0.6 is 0 Å². The fourth-order valence-corrected chi connectivity index (χ4v) is 1.86. The molecule has 1 aliphatic heterocycles. The van der Waals surface area contributed by atoms with Crippen LogP contribution in [0.2, 0.25) is 0 Å². The maximum absolute atomic E-state index is 12.2. The molecule has 16 heavy (non-hydrogen) atoms. The molecule has 84 valence electrons. The summed E-state index contributed by atoms with van der Waals surface area (Å²) in [6.45, 7) is 2.04. The molecule has 3 heteroatoms. The Labute approximate surface area is 95.3 Å². The normalized spacial score (nSPS) is 18.9. The van der Waals surface area contributed by atoms with Gasteiger partial charge in [-0.1, -0.05) is 18.2 Å². The van der Waals surface area contributed by atoms with Gasteiger partial charge in [-0.25, -0.2) is 0 Å². The number of methoxy groups -OCH3 is 1. The standard InChI is InChI=1S/C13H15NO2/c1-10-6-5-9-14(10)13(15)11-7-3-4-8-12(11)16-2/h3-5,7-10H,6H2,1-2H3. The van der Waals surface area contributed by atoms with E-state index in [2.05, 4.69) is 0 Å². The minimum atomic E-state index is -0.00120. The second kappa shape index (κ2) is 4.39. The fraction of sp³-hybridized carbons (Fsp3) is 0.308. The van der Waals surface area contributed by atoms with E-state index in [9.17, 15) is 4.79 Å². The number of hydrogen-bond acceptors (Lipinski definition) is 2. The van der Waals surface area contributed by atoms with E-state index >= 15 is 0 Å². The van der Waals surface area contributed by atoms with Crippen LogP contribution in [0.3, 0.4) is 0 Å². The maximum Gasteiger partial charge on any atom is 0.261 e. The second-order valence-corrected chi connectivity index (χ2v) is 3.88. The van der Waals surface area contributed by atoms with Crippen LogP contribution in [0, 0.1) is 0 Å². The average molecular weight is 217 g/mol. The number of hydrogen-bond donors (Lipinski definition) is 0. The van der Waals surface area contributed by atoms with Gasteiger partial charge in [0.1, 0.15) is 5.75 Å². The molecule has 0 fully saturated rings. The van der Waals surface area contributed by atoms with Crippen LogP contribution in [0.4, 0.5) is 0 Å². The van der Waals surface area contributed by atoms with E-state index < -0.39 is 0 Å². The lowest BCUT2D eigenvalue weighted by Crippen LogP contribution is -2.30. The van der Waals surface area contributed by atoms with Crippen molar-refractivity contribution in [2.75, 3.05) is 7.11 Å². The number of carbonyl (C=O) groups is 1. The van der Waals surface area contributed by atoms with E-state index in [4.69, 9.17) is 4.74 Å². The van der Waals surface area contributed by atoms with Gasteiger partial charge in [0.2, 0.25) is 0 Å². The van der Waals surface area contributed by atoms with E-state index in [1.165, 1.54) is 0 Å². The number of ether oxygens (including phenoxy) is 1. The Balaban J connectivity index is 2.30. The Hall–Kier alpha value is -1.77. The number of carbonyl (C=O) groups excluding carboxylic acids is 1. The van der Waals surface area contributed by atoms with Crippen molar-refractivity contribution >= 4 is 5.91 Å². The van der Waals surface area contributed by atoms with Crippen LogP contribution in [0.1, 0.15) is 23.7 Å². The predicted molar refractivity (Wildman–Crippen MR) is 62.4 cm³/mol. The minimum Gasteiger partial charge on any atom is -0.496 e. The third-order valence-electron chi connectivity index (χ3n) is 2.79. The van der Waals surface area contributed by atoms with Crippen molar-refractivity contribution in [1.82, 2.24) is 4.90 Å². The topological polar surface area (TPSA) is 29.5 Å². The minimum absolute atomic E-state index is 0.00120. The van der Waals surface area contributed by atoms with Gasteiger partial charge in [-0.2, -0.15) is 0 Å². The largest absolute Gasteiger partial charge is 0.496 e. The number of rotatable bonds is 2. The van der Waals surface area contributed by atoms with Crippen molar-refractivity contribution in [2.45, 2.75) is 19.4 Å². The van der Waals surface area contributed by atoms with Crippen LogP contribution < -0.4 is 4.74 Å². The third kappa shape index (κ3) is 1.81. The van der Waals surface area contributed by atoms with Crippen LogP contribution in [0.5, 0.6) is 5.75 Å². The first-order valence-corrected chi connectivity index (χ1v) is 5.36. The molecule has 0 bridgehead atoms. The van der Waals surface area contributed by atoms with E-state index in [1.807, 2.05) is 31.3 Å². The molecule has 0 radical (unpaired) electrons. The van der Waals surface area contributed by atoms with E-state index in [1.54, 1.807) is 24.1 Å². The zero-order chi connectivity index (χ0) is 11.5. The van der Waals surface area contributed by atoms with Crippen molar-refractivity contribution < 1.29 is 9.53 Å². The zero-order valence-electron chi connectivity index (χ0n) is 9.51. The summed E-state index contributed by atoms with van der Waals surface area (Å²) in [7, 11) is 1.58. The summed E-state index contributed by atoms with van der Waals surface area (Å²) in [5, 5.41) is 0. The van der Waals surface area contributed by atoms with Crippen molar-refractivity contribution in [3.05, 3.63) is 42.1 Å². The summed E-state index contributed by atoms with van der Waals surface area (Å²) in [6, 6.07) is 7.54. The molecule has 1 amide bonds. The Kier molecular flexibility index (Phi) is 2.95. The molecular weight excluding hydrogens is 202 g/mol. The molecule has 2 rings (SSSR count). The first-order valence-electron chi connectivity index (χ1n) is 5.36. The number of para-hydroxylation sites is 1. The lowest BCUT2D eigenvalue weighted by Gasteiger charge is -2.21. The molecule has 0 saturated carbocycles. The molecule has 0 N–H and O–H groups in total. The summed E-state index contributed by atoms with van der Waals surface area (Å²) in [4.78, 5) is 14.0. The Morgan fingerprint density at radius 3 is 2.81 bits per heavy atom. The highest BCUT2D eigenvalue weighted by Crippen LogP contribution is 2.23. The lowest BCUT2D eigenvalue weighted by molar-refractivity contribution is 0.0790. The Morgan fingerprint density at radius 2 is 2.19 bits per heavy atom. The van der Waals surface area contributed by atoms with Gasteiger partial charge in [0.25, 0.3) is 5.91 Å². The van der Waals surface area contributed by atoms with Gasteiger partial charge >= 0.3 is 0 Å². The number of amides is 1. The van der Waals surface area contributed by atoms with Crippen molar-refractivity contribution in [3.8, 4) is 5.75 Å². The number of benzene rings is 1. The van der Waals surface area contributed by atoms with Crippen LogP contribution in [0.15, 0.2) is 36.5 Å². The first-order chi connectivity index (χ1) is 7.74. The van der Waals surface area contributed by atoms with Gasteiger partial charge in [-0.15, -0.1) is 0 Å². The van der Waals surface area contributed by atoms with Gasteiger partial charge in [-0.3, -0.25) is 4.79 Å². The van der Waals surface area contributed by atoms with Gasteiger partial charge < -0.3 is 9.64 Å². The molecule has 1 unspecified atom stereocenters. The van der Waals surface area contributed by atoms with Crippen molar-refractivity contribution in [3.63, 3.8) is 0 Å². The molecule has 0 aliphatic carbocycles. The highest BCUT2D eigenvalue weighted by Gasteiger charge is 2.24. The first kappa shape index (κ1) is 10.7. The molecule has 3 nitrogen and oxygen atoms in total. The zero-order valence-corrected chi connectivity index (χ0v) is 9.51. The Morgan fingerprint density at radius 1 is 1.44 bits per heavy atom. The van der Waals surface area contributed by atoms with Gasteiger partial charge in [0.15, 0.2) is 0 Å². The van der Waals surface area contributed by atoms with Gasteiger partial charge in [-0.05, 0) is 25.5 Å². The van der Waals surface area contributed by atoms with Crippen molar-refractivity contribution in [2.24, 2.45) is 0 Å². The second-order valence-electron chi connectivity index (χ2n) is 3.88. The van der Waals surface area contributed by atoms with E-state index in [-0.39, 0.29) is 11.9 Å². The molecule has 0 aromatic heterocycles. The van der Waals surface area contributed by atoms with E-state index in [0.29, 0.717) is 11.3 Å². The molecule has 1 aliphatic rings. The number of nitrogens with zero attached hydrogens (tertiary/aromatic N) is 1. The van der Waals surface area contributed by atoms with E-state index in [0.717, 1.165) is 6.42 Å².